The molecule has 0 aliphatic heterocycles. The molecular weight excluding hydrogens is 288 g/mol. The van der Waals surface area contributed by atoms with Crippen molar-refractivity contribution in [2.24, 2.45) is 0 Å². The molecule has 0 aliphatic rings. The van der Waals surface area contributed by atoms with Crippen LogP contribution < -0.4 is 0 Å². The normalized spacial score (nSPS) is 11.1. The van der Waals surface area contributed by atoms with Crippen molar-refractivity contribution in [1.29, 1.82) is 0 Å². The van der Waals surface area contributed by atoms with Crippen molar-refractivity contribution in [3.63, 3.8) is 0 Å². The van der Waals surface area contributed by atoms with Gasteiger partial charge in [0.05, 0.1) is 23.5 Å². The highest BCUT2D eigenvalue weighted by Crippen LogP contribution is 2.32. The first-order chi connectivity index (χ1) is 10.7. The standard InChI is InChI=1S/C15H8N2O5/c18-15(19)8-7-9(10-3-1-5-20-10)16-14-12(8)13(17-22-14)11-4-2-6-21-11/h1-7H,(H,18,19). The molecule has 0 atom stereocenters. The topological polar surface area (TPSA) is 102 Å². The summed E-state index contributed by atoms with van der Waals surface area (Å²) < 4.78 is 15.7. The molecule has 0 amide bonds. The maximum Gasteiger partial charge on any atom is 0.336 e. The van der Waals surface area contributed by atoms with Gasteiger partial charge in [-0.3, -0.25) is 0 Å². The molecule has 1 N–H and O–H groups in total. The quantitative estimate of drug-likeness (QED) is 0.617. The molecule has 0 radical (unpaired) electrons. The van der Waals surface area contributed by atoms with E-state index in [0.29, 0.717) is 22.9 Å². The van der Waals surface area contributed by atoms with Gasteiger partial charge < -0.3 is 18.5 Å². The zero-order valence-corrected chi connectivity index (χ0v) is 11.0. The third-order valence-corrected chi connectivity index (χ3v) is 3.21. The second-order valence-corrected chi connectivity index (χ2v) is 4.53. The highest BCUT2D eigenvalue weighted by molar-refractivity contribution is 6.07. The molecule has 0 aromatic carbocycles. The predicted molar refractivity (Wildman–Crippen MR) is 74.2 cm³/mol. The molecule has 0 fully saturated rings. The van der Waals surface area contributed by atoms with Gasteiger partial charge in [0.25, 0.3) is 5.71 Å². The van der Waals surface area contributed by atoms with Crippen LogP contribution in [-0.2, 0) is 0 Å². The molecule has 108 valence electrons. The summed E-state index contributed by atoms with van der Waals surface area (Å²) in [5.74, 6) is -0.259. The molecular formula is C15H8N2O5. The second-order valence-electron chi connectivity index (χ2n) is 4.53. The molecule has 7 heteroatoms. The van der Waals surface area contributed by atoms with Gasteiger partial charge in [-0.05, 0) is 30.3 Å². The lowest BCUT2D eigenvalue weighted by atomic mass is 10.1. The van der Waals surface area contributed by atoms with Crippen LogP contribution in [0.3, 0.4) is 0 Å². The lowest BCUT2D eigenvalue weighted by Crippen LogP contribution is -1.99. The largest absolute Gasteiger partial charge is 0.478 e. The Morgan fingerprint density at radius 3 is 2.45 bits per heavy atom. The molecule has 22 heavy (non-hydrogen) atoms. The number of fused-ring (bicyclic) bond motifs is 1. The summed E-state index contributed by atoms with van der Waals surface area (Å²) in [4.78, 5) is 15.9. The number of nitrogens with zero attached hydrogens (tertiary/aromatic N) is 2. The Kier molecular flexibility index (Phi) is 2.59. The van der Waals surface area contributed by atoms with Crippen molar-refractivity contribution in [3.05, 3.63) is 48.4 Å². The molecule has 0 bridgehead atoms. The van der Waals surface area contributed by atoms with Crippen LogP contribution in [0.2, 0.25) is 0 Å². The van der Waals surface area contributed by atoms with Crippen LogP contribution in [0.15, 0.2) is 56.2 Å². The molecule has 0 saturated heterocycles. The van der Waals surface area contributed by atoms with Gasteiger partial charge in [-0.15, -0.1) is 0 Å². The minimum Gasteiger partial charge on any atom is -0.478 e. The maximum absolute atomic E-state index is 11.6. The van der Waals surface area contributed by atoms with Gasteiger partial charge in [0, 0.05) is 0 Å². The molecule has 7 nitrogen and oxygen atoms in total. The van der Waals surface area contributed by atoms with Crippen LogP contribution in [0, 0.1) is 0 Å². The Labute approximate surface area is 122 Å². The first kappa shape index (κ1) is 12.4. The van der Waals surface area contributed by atoms with E-state index in [-0.39, 0.29) is 16.7 Å². The van der Waals surface area contributed by atoms with Crippen LogP contribution in [0.25, 0.3) is 34.0 Å². The molecule has 0 spiro atoms. The third kappa shape index (κ3) is 1.80. The van der Waals surface area contributed by atoms with Crippen LogP contribution in [0.5, 0.6) is 0 Å². The number of carboxylic acid groups (broad SMARTS) is 1. The Bertz CT molecular complexity index is 952. The monoisotopic (exact) mass is 296 g/mol. The van der Waals surface area contributed by atoms with E-state index in [1.54, 1.807) is 24.3 Å². The minimum atomic E-state index is -1.11. The van der Waals surface area contributed by atoms with Crippen molar-refractivity contribution in [2.75, 3.05) is 0 Å². The van der Waals surface area contributed by atoms with Gasteiger partial charge in [-0.1, -0.05) is 5.16 Å². The lowest BCUT2D eigenvalue weighted by molar-refractivity contribution is 0.0699. The third-order valence-electron chi connectivity index (χ3n) is 3.21. The number of hydrogen-bond acceptors (Lipinski definition) is 6. The summed E-state index contributed by atoms with van der Waals surface area (Å²) >= 11 is 0. The van der Waals surface area contributed by atoms with Crippen LogP contribution in [0.4, 0.5) is 0 Å². The van der Waals surface area contributed by atoms with Gasteiger partial charge in [0.1, 0.15) is 5.69 Å². The van der Waals surface area contributed by atoms with Gasteiger partial charge >= 0.3 is 5.97 Å². The molecule has 4 aromatic rings. The fourth-order valence-corrected chi connectivity index (χ4v) is 2.25. The number of rotatable bonds is 3. The molecule has 0 saturated carbocycles. The number of pyridine rings is 1. The Balaban J connectivity index is 2.02. The first-order valence-corrected chi connectivity index (χ1v) is 6.35. The van der Waals surface area contributed by atoms with Gasteiger partial charge in [-0.2, -0.15) is 0 Å². The molecule has 0 unspecified atom stereocenters. The predicted octanol–water partition coefficient (Wildman–Crippen LogP) is 3.44. The average Bonchev–Trinajstić information content (AvgIpc) is 3.25. The Hall–Kier alpha value is -3.35. The zero-order chi connectivity index (χ0) is 15.1. The maximum atomic E-state index is 11.6. The number of hydrogen-bond donors (Lipinski definition) is 1. The smallest absolute Gasteiger partial charge is 0.336 e. The van der Waals surface area contributed by atoms with Crippen LogP contribution >= 0.6 is 0 Å². The highest BCUT2D eigenvalue weighted by atomic mass is 16.5. The fraction of sp³-hybridized carbons (Fsp3) is 0. The van der Waals surface area contributed by atoms with E-state index in [1.807, 2.05) is 0 Å². The van der Waals surface area contributed by atoms with E-state index in [1.165, 1.54) is 18.6 Å². The Morgan fingerprint density at radius 1 is 1.09 bits per heavy atom. The Morgan fingerprint density at radius 2 is 1.82 bits per heavy atom. The number of aromatic carboxylic acids is 1. The number of carbonyl (C=O) groups is 1. The fourth-order valence-electron chi connectivity index (χ4n) is 2.25. The van der Waals surface area contributed by atoms with E-state index in [2.05, 4.69) is 10.1 Å². The van der Waals surface area contributed by atoms with Crippen LogP contribution in [-0.4, -0.2) is 21.2 Å². The number of carboxylic acids is 1. The van der Waals surface area contributed by atoms with E-state index in [4.69, 9.17) is 13.4 Å². The van der Waals surface area contributed by atoms with Gasteiger partial charge in [-0.25, -0.2) is 9.78 Å². The van der Waals surface area contributed by atoms with Gasteiger partial charge in [0.15, 0.2) is 17.2 Å². The van der Waals surface area contributed by atoms with Crippen molar-refractivity contribution >= 4 is 17.1 Å². The van der Waals surface area contributed by atoms with E-state index in [0.717, 1.165) is 0 Å². The number of aromatic nitrogens is 2. The molecule has 0 aliphatic carbocycles. The number of furan rings is 2. The average molecular weight is 296 g/mol. The summed E-state index contributed by atoms with van der Waals surface area (Å²) in [5.41, 5.74) is 0.787. The van der Waals surface area contributed by atoms with Crippen molar-refractivity contribution in [1.82, 2.24) is 10.1 Å². The summed E-state index contributed by atoms with van der Waals surface area (Å²) in [6.07, 6.45) is 2.96. The SMILES string of the molecule is O=C(O)c1cc(-c2ccco2)nc2onc(-c3ccco3)c12. The van der Waals surface area contributed by atoms with Crippen LogP contribution in [0.1, 0.15) is 10.4 Å². The summed E-state index contributed by atoms with van der Waals surface area (Å²) in [6, 6.07) is 8.15. The second kappa shape index (κ2) is 4.59. The van der Waals surface area contributed by atoms with E-state index < -0.39 is 5.97 Å². The highest BCUT2D eigenvalue weighted by Gasteiger charge is 2.23. The molecule has 4 rings (SSSR count). The van der Waals surface area contributed by atoms with Crippen molar-refractivity contribution in [2.45, 2.75) is 0 Å². The van der Waals surface area contributed by atoms with Gasteiger partial charge in [0.2, 0.25) is 0 Å². The summed E-state index contributed by atoms with van der Waals surface area (Å²) in [7, 11) is 0. The minimum absolute atomic E-state index is 0.0176. The summed E-state index contributed by atoms with van der Waals surface area (Å²) in [6.45, 7) is 0. The van der Waals surface area contributed by atoms with Crippen molar-refractivity contribution in [3.8, 4) is 22.9 Å². The van der Waals surface area contributed by atoms with E-state index >= 15 is 0 Å². The summed E-state index contributed by atoms with van der Waals surface area (Å²) in [5, 5.41) is 13.7. The lowest BCUT2D eigenvalue weighted by Gasteiger charge is -2.01. The van der Waals surface area contributed by atoms with E-state index in [9.17, 15) is 9.90 Å². The molecule has 4 heterocycles. The molecule has 4 aromatic heterocycles. The zero-order valence-electron chi connectivity index (χ0n) is 11.0. The van der Waals surface area contributed by atoms with Crippen molar-refractivity contribution < 1.29 is 23.3 Å². The first-order valence-electron chi connectivity index (χ1n) is 6.35.